The molecule has 0 bridgehead atoms. The minimum Gasteiger partial charge on any atom is -0.497 e. The summed E-state index contributed by atoms with van der Waals surface area (Å²) in [6.45, 7) is 0. The molecular weight excluding hydrogens is 236 g/mol. The second kappa shape index (κ2) is 5.08. The van der Waals surface area contributed by atoms with Gasteiger partial charge in [-0.3, -0.25) is 0 Å². The van der Waals surface area contributed by atoms with Gasteiger partial charge in [0.1, 0.15) is 5.75 Å². The van der Waals surface area contributed by atoms with Crippen LogP contribution in [0, 0.1) is 0 Å². The van der Waals surface area contributed by atoms with Gasteiger partial charge in [-0.25, -0.2) is 8.42 Å². The number of rotatable bonds is 4. The Hall–Kier alpha value is -1.03. The predicted molar refractivity (Wildman–Crippen MR) is 68.1 cm³/mol. The summed E-state index contributed by atoms with van der Waals surface area (Å²) in [5.41, 5.74) is 1.17. The first-order chi connectivity index (χ1) is 8.12. The molecule has 2 rings (SSSR count). The highest BCUT2D eigenvalue weighted by Gasteiger charge is 2.30. The third-order valence-electron chi connectivity index (χ3n) is 3.38. The van der Waals surface area contributed by atoms with E-state index in [1.807, 2.05) is 24.3 Å². The lowest BCUT2D eigenvalue weighted by Crippen LogP contribution is -2.16. The summed E-state index contributed by atoms with van der Waals surface area (Å²) < 4.78 is 28.4. The Labute approximate surface area is 103 Å². The summed E-state index contributed by atoms with van der Waals surface area (Å²) in [5, 5.41) is -0.121. The smallest absolute Gasteiger partial charge is 0.153 e. The van der Waals surface area contributed by atoms with Crippen molar-refractivity contribution < 1.29 is 13.2 Å². The minimum atomic E-state index is -2.79. The standard InChI is InChI=1S/C13H18O3S/c1-16-12-7-4-11(5-8-12)6-9-13-3-2-10-17(13,14)15/h4-5,7-8,13H,2-3,6,9-10H2,1H3. The Balaban J connectivity index is 1.93. The average molecular weight is 254 g/mol. The van der Waals surface area contributed by atoms with Crippen LogP contribution in [0.15, 0.2) is 24.3 Å². The second-order valence-corrected chi connectivity index (χ2v) is 6.92. The molecule has 94 valence electrons. The fourth-order valence-electron chi connectivity index (χ4n) is 2.30. The molecule has 1 aromatic carbocycles. The van der Waals surface area contributed by atoms with E-state index in [2.05, 4.69) is 0 Å². The van der Waals surface area contributed by atoms with Crippen LogP contribution in [-0.4, -0.2) is 26.5 Å². The molecule has 1 saturated heterocycles. The number of sulfone groups is 1. The third kappa shape index (κ3) is 3.00. The van der Waals surface area contributed by atoms with Crippen molar-refractivity contribution in [2.75, 3.05) is 12.9 Å². The number of hydrogen-bond donors (Lipinski definition) is 0. The molecule has 0 saturated carbocycles. The molecule has 4 heteroatoms. The van der Waals surface area contributed by atoms with Crippen molar-refractivity contribution in [3.05, 3.63) is 29.8 Å². The zero-order valence-corrected chi connectivity index (χ0v) is 10.9. The number of benzene rings is 1. The molecule has 1 aliphatic rings. The predicted octanol–water partition coefficient (Wildman–Crippen LogP) is 2.21. The summed E-state index contributed by atoms with van der Waals surface area (Å²) in [5.74, 6) is 1.21. The average Bonchev–Trinajstić information content (AvgIpc) is 2.66. The van der Waals surface area contributed by atoms with Crippen LogP contribution >= 0.6 is 0 Å². The number of hydrogen-bond acceptors (Lipinski definition) is 3. The third-order valence-corrected chi connectivity index (χ3v) is 5.72. The molecule has 17 heavy (non-hydrogen) atoms. The van der Waals surface area contributed by atoms with Gasteiger partial charge in [0.05, 0.1) is 18.1 Å². The first-order valence-electron chi connectivity index (χ1n) is 5.96. The molecule has 3 nitrogen and oxygen atoms in total. The largest absolute Gasteiger partial charge is 0.497 e. The molecule has 0 aromatic heterocycles. The molecule has 0 spiro atoms. The van der Waals surface area contributed by atoms with E-state index in [1.165, 1.54) is 5.56 Å². The van der Waals surface area contributed by atoms with Gasteiger partial charge in [0.15, 0.2) is 9.84 Å². The van der Waals surface area contributed by atoms with E-state index in [-0.39, 0.29) is 5.25 Å². The maximum Gasteiger partial charge on any atom is 0.153 e. The van der Waals surface area contributed by atoms with Crippen LogP contribution < -0.4 is 4.74 Å². The van der Waals surface area contributed by atoms with Crippen molar-refractivity contribution in [2.24, 2.45) is 0 Å². The minimum absolute atomic E-state index is 0.121. The van der Waals surface area contributed by atoms with E-state index < -0.39 is 9.84 Å². The topological polar surface area (TPSA) is 43.4 Å². The molecule has 0 N–H and O–H groups in total. The quantitative estimate of drug-likeness (QED) is 0.827. The maximum absolute atomic E-state index is 11.7. The van der Waals surface area contributed by atoms with Crippen molar-refractivity contribution >= 4 is 9.84 Å². The SMILES string of the molecule is COc1ccc(CCC2CCCS2(=O)=O)cc1. The highest BCUT2D eigenvalue weighted by molar-refractivity contribution is 7.92. The highest BCUT2D eigenvalue weighted by atomic mass is 32.2. The molecule has 0 radical (unpaired) electrons. The molecule has 1 atom stereocenters. The van der Waals surface area contributed by atoms with Crippen molar-refractivity contribution in [2.45, 2.75) is 30.9 Å². The summed E-state index contributed by atoms with van der Waals surface area (Å²) in [6.07, 6.45) is 3.23. The van der Waals surface area contributed by atoms with Gasteiger partial charge in [0, 0.05) is 0 Å². The van der Waals surface area contributed by atoms with Gasteiger partial charge in [0.2, 0.25) is 0 Å². The van der Waals surface area contributed by atoms with Gasteiger partial charge >= 0.3 is 0 Å². The molecule has 1 fully saturated rings. The van der Waals surface area contributed by atoms with Crippen LogP contribution in [0.2, 0.25) is 0 Å². The Kier molecular flexibility index (Phi) is 3.72. The van der Waals surface area contributed by atoms with Gasteiger partial charge in [-0.1, -0.05) is 12.1 Å². The molecule has 0 aliphatic carbocycles. The first-order valence-corrected chi connectivity index (χ1v) is 7.68. The zero-order chi connectivity index (χ0) is 12.3. The van der Waals surface area contributed by atoms with Crippen molar-refractivity contribution in [3.63, 3.8) is 0 Å². The second-order valence-electron chi connectivity index (χ2n) is 4.52. The van der Waals surface area contributed by atoms with Crippen molar-refractivity contribution in [3.8, 4) is 5.75 Å². The monoisotopic (exact) mass is 254 g/mol. The van der Waals surface area contributed by atoms with E-state index in [1.54, 1.807) is 7.11 Å². The van der Waals surface area contributed by atoms with Gasteiger partial charge in [0.25, 0.3) is 0 Å². The lowest BCUT2D eigenvalue weighted by molar-refractivity contribution is 0.414. The fraction of sp³-hybridized carbons (Fsp3) is 0.538. The maximum atomic E-state index is 11.7. The molecule has 1 heterocycles. The van der Waals surface area contributed by atoms with Gasteiger partial charge in [-0.05, 0) is 43.4 Å². The number of aryl methyl sites for hydroxylation is 1. The van der Waals surface area contributed by atoms with E-state index in [9.17, 15) is 8.42 Å². The Morgan fingerprint density at radius 2 is 2.00 bits per heavy atom. The van der Waals surface area contributed by atoms with Crippen LogP contribution in [-0.2, 0) is 16.3 Å². The molecule has 1 aliphatic heterocycles. The highest BCUT2D eigenvalue weighted by Crippen LogP contribution is 2.24. The summed E-state index contributed by atoms with van der Waals surface area (Å²) in [4.78, 5) is 0. The summed E-state index contributed by atoms with van der Waals surface area (Å²) in [6, 6.07) is 7.83. The van der Waals surface area contributed by atoms with Crippen LogP contribution in [0.3, 0.4) is 0 Å². The van der Waals surface area contributed by atoms with Gasteiger partial charge < -0.3 is 4.74 Å². The van der Waals surface area contributed by atoms with Gasteiger partial charge in [-0.15, -0.1) is 0 Å². The number of methoxy groups -OCH3 is 1. The van der Waals surface area contributed by atoms with E-state index >= 15 is 0 Å². The van der Waals surface area contributed by atoms with Crippen LogP contribution in [0.5, 0.6) is 5.75 Å². The summed E-state index contributed by atoms with van der Waals surface area (Å²) in [7, 11) is -1.16. The fourth-order valence-corrected chi connectivity index (χ4v) is 4.21. The van der Waals surface area contributed by atoms with E-state index in [4.69, 9.17) is 4.74 Å². The molecule has 1 aromatic rings. The van der Waals surface area contributed by atoms with E-state index in [0.717, 1.165) is 31.4 Å². The van der Waals surface area contributed by atoms with Crippen LogP contribution in [0.1, 0.15) is 24.8 Å². The Morgan fingerprint density at radius 1 is 1.29 bits per heavy atom. The normalized spacial score (nSPS) is 22.5. The molecular formula is C13H18O3S. The molecule has 0 amide bonds. The van der Waals surface area contributed by atoms with Crippen LogP contribution in [0.25, 0.3) is 0 Å². The van der Waals surface area contributed by atoms with Crippen LogP contribution in [0.4, 0.5) is 0 Å². The van der Waals surface area contributed by atoms with Gasteiger partial charge in [-0.2, -0.15) is 0 Å². The Bertz CT molecular complexity index is 462. The lowest BCUT2D eigenvalue weighted by atomic mass is 10.1. The zero-order valence-electron chi connectivity index (χ0n) is 10.1. The summed E-state index contributed by atoms with van der Waals surface area (Å²) >= 11 is 0. The number of ether oxygens (including phenoxy) is 1. The van der Waals surface area contributed by atoms with E-state index in [0.29, 0.717) is 5.75 Å². The first kappa shape index (κ1) is 12.4. The Morgan fingerprint density at radius 3 is 2.53 bits per heavy atom. The van der Waals surface area contributed by atoms with Crippen molar-refractivity contribution in [1.82, 2.24) is 0 Å². The molecule has 1 unspecified atom stereocenters. The van der Waals surface area contributed by atoms with Crippen molar-refractivity contribution in [1.29, 1.82) is 0 Å². The lowest BCUT2D eigenvalue weighted by Gasteiger charge is -2.09.